The summed E-state index contributed by atoms with van der Waals surface area (Å²) >= 11 is 3.55. The molecule has 1 aromatic carbocycles. The Kier molecular flexibility index (Phi) is 9.59. The van der Waals surface area contributed by atoms with Crippen LogP contribution in [0.3, 0.4) is 0 Å². The van der Waals surface area contributed by atoms with E-state index in [4.69, 9.17) is 9.16 Å². The molecule has 0 aliphatic rings. The molecule has 0 fully saturated rings. The summed E-state index contributed by atoms with van der Waals surface area (Å²) < 4.78 is 12.9. The van der Waals surface area contributed by atoms with Crippen LogP contribution in [-0.2, 0) is 20.4 Å². The van der Waals surface area contributed by atoms with E-state index in [2.05, 4.69) is 49.8 Å². The number of aliphatic hydroxyl groups excluding tert-OH is 1. The molecule has 6 heteroatoms. The molecular formula is C23H39BrO4Si. The molecule has 1 N–H and O–H groups in total. The number of carbonyl (C=O) groups is 1. The Morgan fingerprint density at radius 2 is 1.69 bits per heavy atom. The molecule has 0 aliphatic carbocycles. The molecule has 4 nitrogen and oxygen atoms in total. The molecule has 0 spiro atoms. The van der Waals surface area contributed by atoms with E-state index in [0.717, 1.165) is 10.0 Å². The fourth-order valence-corrected chi connectivity index (χ4v) is 4.25. The fourth-order valence-electron chi connectivity index (χ4n) is 2.71. The summed E-state index contributed by atoms with van der Waals surface area (Å²) in [5, 5.41) is 11.0. The molecule has 0 heterocycles. The predicted molar refractivity (Wildman–Crippen MR) is 126 cm³/mol. The van der Waals surface area contributed by atoms with Crippen molar-refractivity contribution < 1.29 is 19.1 Å². The van der Waals surface area contributed by atoms with Gasteiger partial charge < -0.3 is 14.3 Å². The van der Waals surface area contributed by atoms with E-state index in [1.165, 1.54) is 0 Å². The highest BCUT2D eigenvalue weighted by Gasteiger charge is 2.38. The Morgan fingerprint density at radius 1 is 1.10 bits per heavy atom. The van der Waals surface area contributed by atoms with Crippen molar-refractivity contribution in [3.8, 4) is 0 Å². The minimum absolute atomic E-state index is 0.104. The summed E-state index contributed by atoms with van der Waals surface area (Å²) in [6, 6.07) is 7.95. The van der Waals surface area contributed by atoms with Crippen LogP contribution in [0.15, 0.2) is 28.7 Å². The summed E-state index contributed by atoms with van der Waals surface area (Å²) in [7, 11) is -1.91. The van der Waals surface area contributed by atoms with Gasteiger partial charge in [0.15, 0.2) is 8.32 Å². The van der Waals surface area contributed by atoms with E-state index in [0.29, 0.717) is 25.9 Å². The largest absolute Gasteiger partial charge is 0.460 e. The van der Waals surface area contributed by atoms with Gasteiger partial charge in [0.25, 0.3) is 0 Å². The van der Waals surface area contributed by atoms with Crippen LogP contribution in [0.25, 0.3) is 0 Å². The maximum atomic E-state index is 12.8. The summed E-state index contributed by atoms with van der Waals surface area (Å²) in [5.74, 6) is -0.947. The van der Waals surface area contributed by atoms with Crippen LogP contribution in [-0.4, -0.2) is 37.7 Å². The van der Waals surface area contributed by atoms with Gasteiger partial charge in [-0.2, -0.15) is 0 Å². The second kappa shape index (κ2) is 10.6. The first-order chi connectivity index (χ1) is 13.1. The third kappa shape index (κ3) is 8.91. The van der Waals surface area contributed by atoms with Crippen LogP contribution in [0.5, 0.6) is 0 Å². The molecule has 2 unspecified atom stereocenters. The molecule has 0 radical (unpaired) electrons. The zero-order valence-electron chi connectivity index (χ0n) is 19.3. The third-order valence-corrected chi connectivity index (χ3v) is 10.9. The number of carbonyl (C=O) groups excluding carboxylic acids is 1. The third-order valence-electron chi connectivity index (χ3n) is 5.54. The molecular weight excluding hydrogens is 448 g/mol. The zero-order chi connectivity index (χ0) is 22.5. The second-order valence-corrected chi connectivity index (χ2v) is 15.9. The number of aryl methyl sites for hydroxylation is 1. The first-order valence-corrected chi connectivity index (χ1v) is 14.1. The predicted octanol–water partition coefficient (Wildman–Crippen LogP) is 6.11. The minimum Gasteiger partial charge on any atom is -0.460 e. The molecule has 0 amide bonds. The van der Waals surface area contributed by atoms with Gasteiger partial charge in [0.1, 0.15) is 5.60 Å². The lowest BCUT2D eigenvalue weighted by Crippen LogP contribution is -2.42. The summed E-state index contributed by atoms with van der Waals surface area (Å²) in [5.41, 5.74) is 0.532. The van der Waals surface area contributed by atoms with Crippen molar-refractivity contribution in [1.29, 1.82) is 0 Å². The van der Waals surface area contributed by atoms with Crippen LogP contribution < -0.4 is 0 Å². The lowest BCUT2D eigenvalue weighted by atomic mass is 9.93. The van der Waals surface area contributed by atoms with Crippen molar-refractivity contribution in [2.75, 3.05) is 6.61 Å². The van der Waals surface area contributed by atoms with E-state index in [1.54, 1.807) is 0 Å². The maximum absolute atomic E-state index is 12.8. The summed E-state index contributed by atoms with van der Waals surface area (Å²) in [6.07, 6.45) is 0.857. The summed E-state index contributed by atoms with van der Waals surface area (Å²) in [6.45, 7) is 17.0. The van der Waals surface area contributed by atoms with Crippen molar-refractivity contribution in [2.24, 2.45) is 5.92 Å². The molecule has 1 rings (SSSR count). The standard InChI is InChI=1S/C23H39BrO4Si/c1-22(2,3)28-21(26)18(15-16-27-29(7,8)23(4,5)6)20(25)14-13-17-11-9-10-12-19(17)24/h9-12,18,20,25H,13-16H2,1-8H3. The normalized spacial score (nSPS) is 15.1. The maximum Gasteiger partial charge on any atom is 0.312 e. The molecule has 0 saturated heterocycles. The number of aliphatic hydroxyl groups is 1. The number of esters is 1. The van der Waals surface area contributed by atoms with Gasteiger partial charge in [-0.15, -0.1) is 0 Å². The lowest BCUT2D eigenvalue weighted by molar-refractivity contribution is -0.164. The first kappa shape index (κ1) is 26.3. The fraction of sp³-hybridized carbons (Fsp3) is 0.696. The molecule has 1 aromatic rings. The van der Waals surface area contributed by atoms with Crippen LogP contribution in [0.2, 0.25) is 18.1 Å². The number of halogens is 1. The van der Waals surface area contributed by atoms with Gasteiger partial charge in [0, 0.05) is 11.1 Å². The van der Waals surface area contributed by atoms with Crippen LogP contribution in [0.4, 0.5) is 0 Å². The monoisotopic (exact) mass is 486 g/mol. The van der Waals surface area contributed by atoms with E-state index >= 15 is 0 Å². The van der Waals surface area contributed by atoms with Crippen LogP contribution in [0.1, 0.15) is 59.9 Å². The van der Waals surface area contributed by atoms with Crippen molar-refractivity contribution in [2.45, 2.75) is 90.6 Å². The molecule has 0 bridgehead atoms. The minimum atomic E-state index is -1.91. The van der Waals surface area contributed by atoms with Crippen LogP contribution >= 0.6 is 15.9 Å². The van der Waals surface area contributed by atoms with E-state index < -0.39 is 25.9 Å². The molecule has 0 saturated carbocycles. The molecule has 0 aliphatic heterocycles. The highest BCUT2D eigenvalue weighted by molar-refractivity contribution is 9.10. The topological polar surface area (TPSA) is 55.8 Å². The van der Waals surface area contributed by atoms with Crippen molar-refractivity contribution in [1.82, 2.24) is 0 Å². The lowest BCUT2D eigenvalue weighted by Gasteiger charge is -2.36. The van der Waals surface area contributed by atoms with Gasteiger partial charge in [-0.1, -0.05) is 54.9 Å². The molecule has 2 atom stereocenters. The van der Waals surface area contributed by atoms with Gasteiger partial charge in [0.05, 0.1) is 12.0 Å². The summed E-state index contributed by atoms with van der Waals surface area (Å²) in [4.78, 5) is 12.8. The smallest absolute Gasteiger partial charge is 0.312 e. The number of rotatable bonds is 9. The van der Waals surface area contributed by atoms with Gasteiger partial charge >= 0.3 is 5.97 Å². The Bertz CT molecular complexity index is 662. The Labute approximate surface area is 186 Å². The number of ether oxygens (including phenoxy) is 1. The Morgan fingerprint density at radius 3 is 2.21 bits per heavy atom. The quantitative estimate of drug-likeness (QED) is 0.337. The van der Waals surface area contributed by atoms with E-state index in [1.807, 2.05) is 45.0 Å². The Hall–Kier alpha value is -0.693. The van der Waals surface area contributed by atoms with E-state index in [-0.39, 0.29) is 11.0 Å². The average Bonchev–Trinajstić information content (AvgIpc) is 2.55. The molecule has 0 aromatic heterocycles. The molecule has 29 heavy (non-hydrogen) atoms. The highest BCUT2D eigenvalue weighted by atomic mass is 79.9. The molecule has 166 valence electrons. The number of hydrogen-bond acceptors (Lipinski definition) is 4. The van der Waals surface area contributed by atoms with Gasteiger partial charge in [-0.3, -0.25) is 4.79 Å². The van der Waals surface area contributed by atoms with E-state index in [9.17, 15) is 9.90 Å². The second-order valence-electron chi connectivity index (χ2n) is 10.2. The zero-order valence-corrected chi connectivity index (χ0v) is 21.9. The number of benzene rings is 1. The number of hydrogen-bond donors (Lipinski definition) is 1. The SMILES string of the molecule is CC(C)(C)OC(=O)C(CCO[Si](C)(C)C(C)(C)C)C(O)CCc1ccccc1Br. The Balaban J connectivity index is 2.82. The van der Waals surface area contributed by atoms with Crippen molar-refractivity contribution in [3.63, 3.8) is 0 Å². The highest BCUT2D eigenvalue weighted by Crippen LogP contribution is 2.37. The van der Waals surface area contributed by atoms with Gasteiger partial charge in [-0.25, -0.2) is 0 Å². The average molecular weight is 488 g/mol. The van der Waals surface area contributed by atoms with Gasteiger partial charge in [-0.05, 0) is 69.8 Å². The van der Waals surface area contributed by atoms with Crippen molar-refractivity contribution >= 4 is 30.2 Å². The van der Waals surface area contributed by atoms with Gasteiger partial charge in [0.2, 0.25) is 0 Å². The van der Waals surface area contributed by atoms with Crippen LogP contribution in [0, 0.1) is 5.92 Å². The first-order valence-electron chi connectivity index (χ1n) is 10.4. The van der Waals surface area contributed by atoms with Crippen molar-refractivity contribution in [3.05, 3.63) is 34.3 Å².